The Morgan fingerprint density at radius 1 is 1.28 bits per heavy atom. The summed E-state index contributed by atoms with van der Waals surface area (Å²) < 4.78 is 10.2. The number of allylic oxidation sites excluding steroid dienone is 2. The molecular weight excluding hydrogens is 320 g/mol. The molecule has 1 aliphatic heterocycles. The Labute approximate surface area is 147 Å². The molecule has 2 rings (SSSR count). The van der Waals surface area contributed by atoms with Crippen molar-refractivity contribution in [2.45, 2.75) is 6.92 Å². The van der Waals surface area contributed by atoms with Crippen LogP contribution in [0.3, 0.4) is 0 Å². The number of hydrogen-bond acceptors (Lipinski definition) is 5. The summed E-state index contributed by atoms with van der Waals surface area (Å²) in [5, 5.41) is 0. The normalized spacial score (nSPS) is 18.9. The van der Waals surface area contributed by atoms with Gasteiger partial charge >= 0.3 is 5.97 Å². The van der Waals surface area contributed by atoms with Crippen LogP contribution in [0.25, 0.3) is 6.08 Å². The fourth-order valence-electron chi connectivity index (χ4n) is 2.34. The molecule has 1 N–H and O–H groups in total. The van der Waals surface area contributed by atoms with Gasteiger partial charge in [0.05, 0.1) is 39.7 Å². The molecule has 1 atom stereocenters. The van der Waals surface area contributed by atoms with Crippen molar-refractivity contribution >= 4 is 23.5 Å². The molecule has 1 aromatic carbocycles. The van der Waals surface area contributed by atoms with Gasteiger partial charge in [0.15, 0.2) is 5.92 Å². The third kappa shape index (κ3) is 4.64. The number of methoxy groups -OCH3 is 1. The van der Waals surface area contributed by atoms with Crippen LogP contribution in [0.2, 0.25) is 0 Å². The minimum absolute atomic E-state index is 0.218. The summed E-state index contributed by atoms with van der Waals surface area (Å²) in [5.74, 6) is -1.18. The molecule has 0 spiro atoms. The molecule has 0 fully saturated rings. The SMILES string of the molecule is CCOC(=O)C1C(=O)/C(=C\c2ccc(OC)cc2)N=C1/C=C/[NH+](C)C. The molecule has 6 heteroatoms. The highest BCUT2D eigenvalue weighted by molar-refractivity contribution is 6.31. The minimum Gasteiger partial charge on any atom is -0.497 e. The number of nitrogens with one attached hydrogen (secondary N) is 1. The first kappa shape index (κ1) is 18.6. The maximum atomic E-state index is 12.7. The second-order valence-corrected chi connectivity index (χ2v) is 5.80. The van der Waals surface area contributed by atoms with Crippen LogP contribution in [-0.2, 0) is 14.3 Å². The van der Waals surface area contributed by atoms with Gasteiger partial charge in [-0.1, -0.05) is 12.1 Å². The van der Waals surface area contributed by atoms with E-state index in [1.54, 1.807) is 38.3 Å². The third-order valence-corrected chi connectivity index (χ3v) is 3.59. The largest absolute Gasteiger partial charge is 0.497 e. The zero-order chi connectivity index (χ0) is 18.4. The zero-order valence-electron chi connectivity index (χ0n) is 14.9. The summed E-state index contributed by atoms with van der Waals surface area (Å²) >= 11 is 0. The van der Waals surface area contributed by atoms with Crippen molar-refractivity contribution < 1.29 is 24.0 Å². The molecule has 0 radical (unpaired) electrons. The van der Waals surface area contributed by atoms with E-state index in [-0.39, 0.29) is 18.1 Å². The van der Waals surface area contributed by atoms with Gasteiger partial charge in [0.2, 0.25) is 5.78 Å². The summed E-state index contributed by atoms with van der Waals surface area (Å²) in [5.41, 5.74) is 1.46. The predicted molar refractivity (Wildman–Crippen MR) is 95.5 cm³/mol. The molecule has 1 heterocycles. The smallest absolute Gasteiger partial charge is 0.323 e. The lowest BCUT2D eigenvalue weighted by molar-refractivity contribution is -0.801. The fraction of sp³-hybridized carbons (Fsp3) is 0.316. The third-order valence-electron chi connectivity index (χ3n) is 3.59. The lowest BCUT2D eigenvalue weighted by Crippen LogP contribution is -3.00. The van der Waals surface area contributed by atoms with Crippen molar-refractivity contribution in [1.29, 1.82) is 0 Å². The van der Waals surface area contributed by atoms with Gasteiger partial charge < -0.3 is 14.4 Å². The number of rotatable bonds is 6. The molecule has 25 heavy (non-hydrogen) atoms. The van der Waals surface area contributed by atoms with Crippen molar-refractivity contribution in [3.63, 3.8) is 0 Å². The Balaban J connectivity index is 2.35. The molecule has 0 aliphatic carbocycles. The van der Waals surface area contributed by atoms with Crippen molar-refractivity contribution in [3.05, 3.63) is 47.8 Å². The van der Waals surface area contributed by atoms with E-state index in [9.17, 15) is 9.59 Å². The number of ether oxygens (including phenoxy) is 2. The van der Waals surface area contributed by atoms with Crippen LogP contribution < -0.4 is 9.64 Å². The first-order valence-electron chi connectivity index (χ1n) is 8.09. The van der Waals surface area contributed by atoms with E-state index < -0.39 is 11.9 Å². The molecule has 0 aromatic heterocycles. The first-order valence-corrected chi connectivity index (χ1v) is 8.09. The molecule has 0 saturated carbocycles. The van der Waals surface area contributed by atoms with E-state index in [4.69, 9.17) is 9.47 Å². The van der Waals surface area contributed by atoms with E-state index in [1.807, 2.05) is 32.4 Å². The highest BCUT2D eigenvalue weighted by Gasteiger charge is 2.39. The van der Waals surface area contributed by atoms with Crippen molar-refractivity contribution in [2.75, 3.05) is 27.8 Å². The van der Waals surface area contributed by atoms with Gasteiger partial charge in [0, 0.05) is 6.08 Å². The zero-order valence-corrected chi connectivity index (χ0v) is 14.9. The lowest BCUT2D eigenvalue weighted by atomic mass is 9.99. The minimum atomic E-state index is -1.000. The quantitative estimate of drug-likeness (QED) is 0.473. The molecule has 0 bridgehead atoms. The number of nitrogens with zero attached hydrogens (tertiary/aromatic N) is 1. The maximum Gasteiger partial charge on any atom is 0.323 e. The van der Waals surface area contributed by atoms with Crippen LogP contribution in [-0.4, -0.2) is 45.3 Å². The van der Waals surface area contributed by atoms with Crippen LogP contribution in [0.1, 0.15) is 12.5 Å². The van der Waals surface area contributed by atoms with Crippen LogP contribution in [0, 0.1) is 5.92 Å². The number of benzene rings is 1. The summed E-state index contributed by atoms with van der Waals surface area (Å²) in [6.45, 7) is 1.93. The van der Waals surface area contributed by atoms with E-state index in [0.717, 1.165) is 16.2 Å². The number of carbonyl (C=O) groups excluding carboxylic acids is 2. The van der Waals surface area contributed by atoms with Gasteiger partial charge in [0.25, 0.3) is 0 Å². The number of Topliss-reactive ketones (excluding diaryl/α,β-unsaturated/α-hetero) is 1. The van der Waals surface area contributed by atoms with E-state index in [0.29, 0.717) is 5.71 Å². The predicted octanol–water partition coefficient (Wildman–Crippen LogP) is 0.897. The van der Waals surface area contributed by atoms with E-state index >= 15 is 0 Å². The van der Waals surface area contributed by atoms with Gasteiger partial charge in [0.1, 0.15) is 11.4 Å². The van der Waals surface area contributed by atoms with Crippen molar-refractivity contribution in [2.24, 2.45) is 10.9 Å². The van der Waals surface area contributed by atoms with Crippen molar-refractivity contribution in [1.82, 2.24) is 0 Å². The molecule has 0 saturated heterocycles. The number of ketones is 1. The molecule has 1 unspecified atom stereocenters. The number of hydrogen-bond donors (Lipinski definition) is 1. The van der Waals surface area contributed by atoms with Crippen LogP contribution in [0.5, 0.6) is 5.75 Å². The average molecular weight is 343 g/mol. The topological polar surface area (TPSA) is 69.4 Å². The van der Waals surface area contributed by atoms with Gasteiger partial charge in [-0.25, -0.2) is 4.99 Å². The Morgan fingerprint density at radius 2 is 1.96 bits per heavy atom. The Bertz CT molecular complexity index is 730. The number of carbonyl (C=O) groups is 2. The second-order valence-electron chi connectivity index (χ2n) is 5.80. The van der Waals surface area contributed by atoms with Crippen LogP contribution in [0.4, 0.5) is 0 Å². The highest BCUT2D eigenvalue weighted by atomic mass is 16.5. The Morgan fingerprint density at radius 3 is 2.52 bits per heavy atom. The molecule has 6 nitrogen and oxygen atoms in total. The summed E-state index contributed by atoms with van der Waals surface area (Å²) in [7, 11) is 5.45. The van der Waals surface area contributed by atoms with E-state index in [1.165, 1.54) is 0 Å². The number of aliphatic imine (C=N–C) groups is 1. The maximum absolute atomic E-state index is 12.7. The summed E-state index contributed by atoms with van der Waals surface area (Å²) in [4.78, 5) is 30.2. The molecule has 132 valence electrons. The van der Waals surface area contributed by atoms with Gasteiger partial charge in [-0.05, 0) is 30.7 Å². The first-order chi connectivity index (χ1) is 12.0. The molecule has 0 amide bonds. The van der Waals surface area contributed by atoms with E-state index in [2.05, 4.69) is 4.99 Å². The highest BCUT2D eigenvalue weighted by Crippen LogP contribution is 2.25. The summed E-state index contributed by atoms with van der Waals surface area (Å²) in [6.07, 6.45) is 5.19. The average Bonchev–Trinajstić information content (AvgIpc) is 2.89. The number of esters is 1. The monoisotopic (exact) mass is 343 g/mol. The number of quaternary nitrogens is 1. The molecule has 1 aromatic rings. The molecule has 1 aliphatic rings. The van der Waals surface area contributed by atoms with Crippen molar-refractivity contribution in [3.8, 4) is 5.75 Å². The fourth-order valence-corrected chi connectivity index (χ4v) is 2.34. The molecular formula is C19H23N2O4+. The van der Waals surface area contributed by atoms with Gasteiger partial charge in [-0.3, -0.25) is 9.59 Å². The van der Waals surface area contributed by atoms with Gasteiger partial charge in [-0.2, -0.15) is 0 Å². The van der Waals surface area contributed by atoms with Crippen LogP contribution in [0.15, 0.2) is 47.2 Å². The Kier molecular flexibility index (Phi) is 6.25. The second kappa shape index (κ2) is 8.39. The van der Waals surface area contributed by atoms with Crippen LogP contribution >= 0.6 is 0 Å². The summed E-state index contributed by atoms with van der Waals surface area (Å²) in [6, 6.07) is 7.25. The van der Waals surface area contributed by atoms with Gasteiger partial charge in [-0.15, -0.1) is 0 Å². The lowest BCUT2D eigenvalue weighted by Gasteiger charge is -2.08. The Hall–Kier alpha value is -2.73. The standard InChI is InChI=1S/C19H22N2O4/c1-5-25-19(23)17-15(10-11-21(2)3)20-16(18(17)22)12-13-6-8-14(24-4)9-7-13/h6-12,17H,5H2,1-4H3/p+1/b11-10+,16-12+.